The summed E-state index contributed by atoms with van der Waals surface area (Å²) in [6.07, 6.45) is 4.34. The molecule has 0 saturated heterocycles. The van der Waals surface area contributed by atoms with E-state index in [0.29, 0.717) is 17.4 Å². The Morgan fingerprint density at radius 1 is 0.600 bits per heavy atom. The lowest BCUT2D eigenvalue weighted by molar-refractivity contribution is 0.474. The Hall–Kier alpha value is -2.74. The normalized spacial score (nSPS) is 12.0. The van der Waals surface area contributed by atoms with Crippen LogP contribution in [0.2, 0.25) is 0 Å². The van der Waals surface area contributed by atoms with Crippen molar-refractivity contribution in [2.75, 3.05) is 0 Å². The van der Waals surface area contributed by atoms with Gasteiger partial charge in [-0.1, -0.05) is 61.0 Å². The Morgan fingerprint density at radius 3 is 1.80 bits per heavy atom. The highest BCUT2D eigenvalue weighted by Crippen LogP contribution is 2.31. The second-order valence-electron chi connectivity index (χ2n) is 6.47. The number of unbranched alkanes of at least 4 members (excludes halogenated alkanes) is 1. The van der Waals surface area contributed by atoms with Crippen LogP contribution in [0.3, 0.4) is 0 Å². The van der Waals surface area contributed by atoms with E-state index in [0.717, 1.165) is 25.7 Å². The van der Waals surface area contributed by atoms with E-state index in [1.165, 1.54) is 16.7 Å². The van der Waals surface area contributed by atoms with Gasteiger partial charge in [0.15, 0.2) is 0 Å². The van der Waals surface area contributed by atoms with Gasteiger partial charge < -0.3 is 10.2 Å². The Balaban J connectivity index is 1.64. The SMILES string of the molecule is Oc1ccc(CCCCC(c2ccccc2)c2ccc(O)cc2)cc1. The van der Waals surface area contributed by atoms with Gasteiger partial charge in [-0.15, -0.1) is 0 Å². The van der Waals surface area contributed by atoms with Crippen LogP contribution in [-0.4, -0.2) is 10.2 Å². The van der Waals surface area contributed by atoms with Crippen molar-refractivity contribution in [3.63, 3.8) is 0 Å². The van der Waals surface area contributed by atoms with E-state index in [1.807, 2.05) is 30.3 Å². The third-order valence-electron chi connectivity index (χ3n) is 4.64. The average molecular weight is 332 g/mol. The van der Waals surface area contributed by atoms with Crippen molar-refractivity contribution in [1.82, 2.24) is 0 Å². The summed E-state index contributed by atoms with van der Waals surface area (Å²) in [5.74, 6) is 0.977. The van der Waals surface area contributed by atoms with Crippen LogP contribution in [0.15, 0.2) is 78.9 Å². The lowest BCUT2D eigenvalue weighted by Crippen LogP contribution is -2.01. The molecule has 0 heterocycles. The summed E-state index contributed by atoms with van der Waals surface area (Å²) in [5.41, 5.74) is 3.82. The molecular formula is C23H24O2. The number of aromatic hydroxyl groups is 2. The zero-order valence-corrected chi connectivity index (χ0v) is 14.3. The molecule has 2 heteroatoms. The van der Waals surface area contributed by atoms with Gasteiger partial charge in [-0.3, -0.25) is 0 Å². The van der Waals surface area contributed by atoms with Crippen LogP contribution in [0.25, 0.3) is 0 Å². The fourth-order valence-corrected chi connectivity index (χ4v) is 3.26. The minimum atomic E-state index is 0.308. The summed E-state index contributed by atoms with van der Waals surface area (Å²) in [6.45, 7) is 0. The Bertz CT molecular complexity index is 761. The van der Waals surface area contributed by atoms with Crippen molar-refractivity contribution in [1.29, 1.82) is 0 Å². The summed E-state index contributed by atoms with van der Waals surface area (Å²) >= 11 is 0. The smallest absolute Gasteiger partial charge is 0.115 e. The second kappa shape index (κ2) is 8.39. The zero-order chi connectivity index (χ0) is 17.5. The number of rotatable bonds is 7. The molecular weight excluding hydrogens is 308 g/mol. The molecule has 3 rings (SSSR count). The third-order valence-corrected chi connectivity index (χ3v) is 4.64. The van der Waals surface area contributed by atoms with Gasteiger partial charge in [0.2, 0.25) is 0 Å². The summed E-state index contributed by atoms with van der Waals surface area (Å²) < 4.78 is 0. The van der Waals surface area contributed by atoms with Gasteiger partial charge in [-0.2, -0.15) is 0 Å². The summed E-state index contributed by atoms with van der Waals surface area (Å²) in [7, 11) is 0. The van der Waals surface area contributed by atoms with Crippen molar-refractivity contribution in [3.8, 4) is 11.5 Å². The maximum absolute atomic E-state index is 9.55. The number of benzene rings is 3. The van der Waals surface area contributed by atoms with E-state index in [9.17, 15) is 10.2 Å². The van der Waals surface area contributed by atoms with Gasteiger partial charge in [-0.05, 0) is 60.2 Å². The molecule has 0 saturated carbocycles. The molecule has 1 unspecified atom stereocenters. The second-order valence-corrected chi connectivity index (χ2v) is 6.47. The fourth-order valence-electron chi connectivity index (χ4n) is 3.26. The van der Waals surface area contributed by atoms with Crippen molar-refractivity contribution in [3.05, 3.63) is 95.6 Å². The molecule has 0 amide bonds. The monoisotopic (exact) mass is 332 g/mol. The Kier molecular flexibility index (Phi) is 5.73. The highest BCUT2D eigenvalue weighted by Gasteiger charge is 2.13. The van der Waals surface area contributed by atoms with Gasteiger partial charge in [0.05, 0.1) is 0 Å². The zero-order valence-electron chi connectivity index (χ0n) is 14.3. The van der Waals surface area contributed by atoms with E-state index in [-0.39, 0.29) is 0 Å². The van der Waals surface area contributed by atoms with Crippen LogP contribution < -0.4 is 0 Å². The van der Waals surface area contributed by atoms with Gasteiger partial charge >= 0.3 is 0 Å². The first-order chi connectivity index (χ1) is 12.2. The number of phenols is 2. The topological polar surface area (TPSA) is 40.5 Å². The average Bonchev–Trinajstić information content (AvgIpc) is 2.65. The summed E-state index contributed by atoms with van der Waals surface area (Å²) in [6, 6.07) is 25.6. The quantitative estimate of drug-likeness (QED) is 0.549. The molecule has 2 nitrogen and oxygen atoms in total. The van der Waals surface area contributed by atoms with Crippen LogP contribution in [0.5, 0.6) is 11.5 Å². The van der Waals surface area contributed by atoms with Crippen molar-refractivity contribution in [2.24, 2.45) is 0 Å². The number of phenolic OH excluding ortho intramolecular Hbond substituents is 2. The van der Waals surface area contributed by atoms with Crippen molar-refractivity contribution in [2.45, 2.75) is 31.6 Å². The number of hydrogen-bond acceptors (Lipinski definition) is 2. The maximum Gasteiger partial charge on any atom is 0.115 e. The van der Waals surface area contributed by atoms with E-state index < -0.39 is 0 Å². The first-order valence-electron chi connectivity index (χ1n) is 8.84. The van der Waals surface area contributed by atoms with E-state index >= 15 is 0 Å². The van der Waals surface area contributed by atoms with Crippen molar-refractivity contribution >= 4 is 0 Å². The molecule has 0 aliphatic carbocycles. The fraction of sp³-hybridized carbons (Fsp3) is 0.217. The maximum atomic E-state index is 9.55. The van der Waals surface area contributed by atoms with Gasteiger partial charge in [0.1, 0.15) is 11.5 Å². The third kappa shape index (κ3) is 4.87. The standard InChI is InChI=1S/C23H24O2/c24-21-14-10-18(11-15-21)6-4-5-9-23(19-7-2-1-3-8-19)20-12-16-22(25)17-13-20/h1-3,7-8,10-17,23-25H,4-6,9H2. The highest BCUT2D eigenvalue weighted by molar-refractivity contribution is 5.35. The molecule has 25 heavy (non-hydrogen) atoms. The summed E-state index contributed by atoms with van der Waals surface area (Å²) in [5, 5.41) is 18.9. The molecule has 128 valence electrons. The number of aryl methyl sites for hydroxylation is 1. The van der Waals surface area contributed by atoms with E-state index in [1.54, 1.807) is 24.3 Å². The van der Waals surface area contributed by atoms with Crippen LogP contribution in [0.4, 0.5) is 0 Å². The van der Waals surface area contributed by atoms with E-state index in [4.69, 9.17) is 0 Å². The predicted octanol–water partition coefficient (Wildman–Crippen LogP) is 5.64. The Morgan fingerprint density at radius 2 is 1.16 bits per heavy atom. The molecule has 3 aromatic carbocycles. The lowest BCUT2D eigenvalue weighted by atomic mass is 9.86. The lowest BCUT2D eigenvalue weighted by Gasteiger charge is -2.18. The number of hydrogen-bond donors (Lipinski definition) is 2. The molecule has 0 fully saturated rings. The van der Waals surface area contributed by atoms with Gasteiger partial charge in [0, 0.05) is 5.92 Å². The van der Waals surface area contributed by atoms with Gasteiger partial charge in [0.25, 0.3) is 0 Å². The summed E-state index contributed by atoms with van der Waals surface area (Å²) in [4.78, 5) is 0. The highest BCUT2D eigenvalue weighted by atomic mass is 16.3. The Labute approximate surface area is 149 Å². The molecule has 0 bridgehead atoms. The molecule has 0 spiro atoms. The van der Waals surface area contributed by atoms with Crippen LogP contribution in [0, 0.1) is 0 Å². The van der Waals surface area contributed by atoms with Crippen LogP contribution in [-0.2, 0) is 6.42 Å². The largest absolute Gasteiger partial charge is 0.508 e. The van der Waals surface area contributed by atoms with Gasteiger partial charge in [-0.25, -0.2) is 0 Å². The molecule has 2 N–H and O–H groups in total. The van der Waals surface area contributed by atoms with Crippen LogP contribution in [0.1, 0.15) is 41.9 Å². The molecule has 1 atom stereocenters. The minimum Gasteiger partial charge on any atom is -0.508 e. The van der Waals surface area contributed by atoms with Crippen LogP contribution >= 0.6 is 0 Å². The molecule has 0 aliphatic rings. The molecule has 0 aromatic heterocycles. The minimum absolute atomic E-state index is 0.308. The molecule has 0 aliphatic heterocycles. The predicted molar refractivity (Wildman–Crippen MR) is 102 cm³/mol. The van der Waals surface area contributed by atoms with E-state index in [2.05, 4.69) is 24.3 Å². The molecule has 3 aromatic rings. The van der Waals surface area contributed by atoms with Crippen molar-refractivity contribution < 1.29 is 10.2 Å². The first-order valence-corrected chi connectivity index (χ1v) is 8.84. The first kappa shape index (κ1) is 17.1. The molecule has 0 radical (unpaired) electrons.